The second-order valence-electron chi connectivity index (χ2n) is 8.92. The lowest BCUT2D eigenvalue weighted by molar-refractivity contribution is 0.318. The first-order valence-corrected chi connectivity index (χ1v) is 11.8. The molecule has 2 aliphatic rings. The van der Waals surface area contributed by atoms with Crippen LogP contribution >= 0.6 is 0 Å². The second kappa shape index (κ2) is 8.45. The van der Waals surface area contributed by atoms with Gasteiger partial charge in [-0.25, -0.2) is 0 Å². The van der Waals surface area contributed by atoms with Gasteiger partial charge < -0.3 is 19.5 Å². The Kier molecular flexibility index (Phi) is 5.15. The molecule has 0 aliphatic carbocycles. The Balaban J connectivity index is 1.17. The van der Waals surface area contributed by atoms with Crippen LogP contribution in [0, 0.1) is 0 Å². The maximum absolute atomic E-state index is 5.35. The van der Waals surface area contributed by atoms with Gasteiger partial charge in [0.1, 0.15) is 5.75 Å². The molecule has 0 atom stereocenters. The normalized spacial score (nSPS) is 16.8. The van der Waals surface area contributed by atoms with Crippen LogP contribution < -0.4 is 9.64 Å². The van der Waals surface area contributed by atoms with Crippen molar-refractivity contribution in [2.45, 2.75) is 19.4 Å². The number of allylic oxidation sites excluding steroid dienone is 2. The molecule has 0 unspecified atom stereocenters. The topological polar surface area (TPSA) is 49.3 Å². The standard InChI is InChI=1S/C27H29N5O/c1-33-24-5-6-25-21(17-24)18-26(29-25)20-8-12-31(13-9-20)23-4-7-27-22(16-23)19-28-32(27)15-14-30-10-2-3-11-30/h4-9,12,16-19,29H,2-3,10-11,13-15H2,1H3. The number of hydrogen-bond acceptors (Lipinski definition) is 4. The van der Waals surface area contributed by atoms with Gasteiger partial charge in [-0.1, -0.05) is 6.08 Å². The van der Waals surface area contributed by atoms with Crippen LogP contribution in [0.4, 0.5) is 5.69 Å². The Morgan fingerprint density at radius 1 is 1.00 bits per heavy atom. The van der Waals surface area contributed by atoms with Crippen LogP contribution in [0.1, 0.15) is 18.5 Å². The largest absolute Gasteiger partial charge is 0.497 e. The molecule has 4 aromatic rings. The van der Waals surface area contributed by atoms with Gasteiger partial charge in [0.15, 0.2) is 0 Å². The molecule has 6 rings (SSSR count). The molecule has 2 aromatic carbocycles. The Morgan fingerprint density at radius 3 is 2.73 bits per heavy atom. The first-order chi connectivity index (χ1) is 16.3. The minimum Gasteiger partial charge on any atom is -0.497 e. The summed E-state index contributed by atoms with van der Waals surface area (Å²) in [5.74, 6) is 0.877. The molecule has 0 bridgehead atoms. The number of rotatable bonds is 6. The van der Waals surface area contributed by atoms with E-state index < -0.39 is 0 Å². The molecule has 2 aromatic heterocycles. The molecule has 2 aliphatic heterocycles. The van der Waals surface area contributed by atoms with E-state index in [1.807, 2.05) is 12.3 Å². The molecule has 0 spiro atoms. The molecule has 6 heteroatoms. The van der Waals surface area contributed by atoms with Crippen LogP contribution in [0.2, 0.25) is 0 Å². The number of nitrogens with zero attached hydrogens (tertiary/aromatic N) is 4. The van der Waals surface area contributed by atoms with Crippen LogP contribution in [0.25, 0.3) is 27.4 Å². The molecule has 0 radical (unpaired) electrons. The quantitative estimate of drug-likeness (QED) is 0.457. The SMILES string of the molecule is COc1ccc2[nH]c(C3=CCN(c4ccc5c(cnn5CCN5CCCC5)c4)C=C3)cc2c1. The molecular formula is C27H29N5O. The second-order valence-corrected chi connectivity index (χ2v) is 8.92. The maximum Gasteiger partial charge on any atom is 0.119 e. The lowest BCUT2D eigenvalue weighted by Crippen LogP contribution is -2.24. The first kappa shape index (κ1) is 20.1. The fourth-order valence-electron chi connectivity index (χ4n) is 4.95. The van der Waals surface area contributed by atoms with Gasteiger partial charge in [-0.3, -0.25) is 4.68 Å². The minimum absolute atomic E-state index is 0.832. The highest BCUT2D eigenvalue weighted by Crippen LogP contribution is 2.29. The summed E-state index contributed by atoms with van der Waals surface area (Å²) in [5, 5.41) is 7.01. The summed E-state index contributed by atoms with van der Waals surface area (Å²) >= 11 is 0. The molecule has 1 saturated heterocycles. The van der Waals surface area contributed by atoms with Crippen molar-refractivity contribution in [2.24, 2.45) is 0 Å². The lowest BCUT2D eigenvalue weighted by atomic mass is 10.1. The summed E-state index contributed by atoms with van der Waals surface area (Å²) < 4.78 is 7.50. The Labute approximate surface area is 193 Å². The number of likely N-dealkylation sites (tertiary alicyclic amines) is 1. The van der Waals surface area contributed by atoms with E-state index >= 15 is 0 Å². The highest BCUT2D eigenvalue weighted by Gasteiger charge is 2.14. The van der Waals surface area contributed by atoms with Crippen LogP contribution in [-0.2, 0) is 6.54 Å². The monoisotopic (exact) mass is 439 g/mol. The van der Waals surface area contributed by atoms with E-state index in [0.717, 1.165) is 42.0 Å². The summed E-state index contributed by atoms with van der Waals surface area (Å²) in [5.41, 5.74) is 5.86. The van der Waals surface area contributed by atoms with Gasteiger partial charge in [-0.05, 0) is 80.0 Å². The Bertz CT molecular complexity index is 1360. The van der Waals surface area contributed by atoms with E-state index in [0.29, 0.717) is 0 Å². The number of ether oxygens (including phenoxy) is 1. The van der Waals surface area contributed by atoms with Crippen LogP contribution in [0.5, 0.6) is 5.75 Å². The van der Waals surface area contributed by atoms with E-state index in [9.17, 15) is 0 Å². The van der Waals surface area contributed by atoms with Gasteiger partial charge >= 0.3 is 0 Å². The minimum atomic E-state index is 0.832. The fourth-order valence-corrected chi connectivity index (χ4v) is 4.95. The van der Waals surface area contributed by atoms with E-state index in [1.165, 1.54) is 48.1 Å². The number of benzene rings is 2. The summed E-state index contributed by atoms with van der Waals surface area (Å²) in [4.78, 5) is 8.33. The number of anilines is 1. The molecule has 0 saturated carbocycles. The van der Waals surface area contributed by atoms with Gasteiger partial charge in [-0.15, -0.1) is 0 Å². The summed E-state index contributed by atoms with van der Waals surface area (Å²) in [6.07, 6.45) is 11.3. The number of methoxy groups -OCH3 is 1. The van der Waals surface area contributed by atoms with Crippen molar-refractivity contribution < 1.29 is 4.74 Å². The molecule has 4 heterocycles. The Hall–Kier alpha value is -3.51. The predicted molar refractivity (Wildman–Crippen MR) is 135 cm³/mol. The zero-order valence-electron chi connectivity index (χ0n) is 19.0. The fraction of sp³-hybridized carbons (Fsp3) is 0.296. The van der Waals surface area contributed by atoms with Crippen molar-refractivity contribution >= 4 is 33.1 Å². The summed E-state index contributed by atoms with van der Waals surface area (Å²) in [6, 6.07) is 15.0. The van der Waals surface area contributed by atoms with Gasteiger partial charge in [0.25, 0.3) is 0 Å². The molecule has 0 amide bonds. The van der Waals surface area contributed by atoms with E-state index in [4.69, 9.17) is 4.74 Å². The third kappa shape index (κ3) is 3.91. The van der Waals surface area contributed by atoms with E-state index in [1.54, 1.807) is 7.11 Å². The van der Waals surface area contributed by atoms with Crippen molar-refractivity contribution in [3.8, 4) is 5.75 Å². The molecular weight excluding hydrogens is 410 g/mol. The van der Waals surface area contributed by atoms with Crippen molar-refractivity contribution in [3.63, 3.8) is 0 Å². The first-order valence-electron chi connectivity index (χ1n) is 11.8. The molecule has 6 nitrogen and oxygen atoms in total. The van der Waals surface area contributed by atoms with Crippen LogP contribution in [0.15, 0.2) is 67.0 Å². The van der Waals surface area contributed by atoms with Gasteiger partial charge in [-0.2, -0.15) is 5.10 Å². The number of aromatic amines is 1. The smallest absolute Gasteiger partial charge is 0.119 e. The van der Waals surface area contributed by atoms with E-state index in [2.05, 4.69) is 79.3 Å². The van der Waals surface area contributed by atoms with Gasteiger partial charge in [0.05, 0.1) is 25.4 Å². The average Bonchev–Trinajstić information content (AvgIpc) is 3.61. The van der Waals surface area contributed by atoms with Crippen molar-refractivity contribution in [2.75, 3.05) is 38.2 Å². The number of hydrogen-bond donors (Lipinski definition) is 1. The van der Waals surface area contributed by atoms with Crippen molar-refractivity contribution in [1.29, 1.82) is 0 Å². The molecule has 1 fully saturated rings. The zero-order chi connectivity index (χ0) is 22.2. The maximum atomic E-state index is 5.35. The Morgan fingerprint density at radius 2 is 1.91 bits per heavy atom. The molecule has 168 valence electrons. The van der Waals surface area contributed by atoms with Gasteiger partial charge in [0, 0.05) is 47.0 Å². The van der Waals surface area contributed by atoms with Crippen molar-refractivity contribution in [3.05, 3.63) is 72.7 Å². The zero-order valence-corrected chi connectivity index (χ0v) is 19.0. The van der Waals surface area contributed by atoms with Gasteiger partial charge in [0.2, 0.25) is 0 Å². The van der Waals surface area contributed by atoms with E-state index in [-0.39, 0.29) is 0 Å². The molecule has 1 N–H and O–H groups in total. The lowest BCUT2D eigenvalue weighted by Gasteiger charge is -2.23. The third-order valence-corrected chi connectivity index (χ3v) is 6.86. The predicted octanol–water partition coefficient (Wildman–Crippen LogP) is 5.04. The highest BCUT2D eigenvalue weighted by atomic mass is 16.5. The van der Waals surface area contributed by atoms with Crippen LogP contribution in [-0.4, -0.2) is 53.0 Å². The highest BCUT2D eigenvalue weighted by molar-refractivity contribution is 5.89. The third-order valence-electron chi connectivity index (χ3n) is 6.86. The number of fused-ring (bicyclic) bond motifs is 2. The summed E-state index contributed by atoms with van der Waals surface area (Å²) in [6.45, 7) is 5.33. The number of aromatic nitrogens is 3. The number of H-pyrrole nitrogens is 1. The summed E-state index contributed by atoms with van der Waals surface area (Å²) in [7, 11) is 1.70. The average molecular weight is 440 g/mol. The van der Waals surface area contributed by atoms with Crippen LogP contribution in [0.3, 0.4) is 0 Å². The number of nitrogens with one attached hydrogen (secondary N) is 1. The molecule has 33 heavy (non-hydrogen) atoms. The van der Waals surface area contributed by atoms with Crippen molar-refractivity contribution in [1.82, 2.24) is 19.7 Å².